The van der Waals surface area contributed by atoms with Crippen molar-refractivity contribution >= 4 is 23.4 Å². The minimum Gasteiger partial charge on any atom is -0.484 e. The molecule has 2 aromatic rings. The van der Waals surface area contributed by atoms with Crippen molar-refractivity contribution in [1.29, 1.82) is 0 Å². The van der Waals surface area contributed by atoms with Gasteiger partial charge in [-0.2, -0.15) is 0 Å². The van der Waals surface area contributed by atoms with Gasteiger partial charge in [0.15, 0.2) is 6.61 Å². The van der Waals surface area contributed by atoms with Crippen molar-refractivity contribution in [2.24, 2.45) is 0 Å². The molecule has 29 heavy (non-hydrogen) atoms. The van der Waals surface area contributed by atoms with E-state index in [-0.39, 0.29) is 24.5 Å². The van der Waals surface area contributed by atoms with Crippen LogP contribution in [0, 0.1) is 6.92 Å². The third-order valence-corrected chi connectivity index (χ3v) is 4.93. The molecule has 0 heterocycles. The first kappa shape index (κ1) is 22.8. The summed E-state index contributed by atoms with van der Waals surface area (Å²) in [6.07, 6.45) is 0.511. The van der Waals surface area contributed by atoms with Gasteiger partial charge in [-0.15, -0.1) is 0 Å². The van der Waals surface area contributed by atoms with Gasteiger partial charge < -0.3 is 15.0 Å². The number of hydrogen-bond acceptors (Lipinski definition) is 3. The second-order valence-corrected chi connectivity index (χ2v) is 7.70. The number of amides is 2. The predicted molar refractivity (Wildman–Crippen MR) is 116 cm³/mol. The van der Waals surface area contributed by atoms with Crippen LogP contribution in [-0.2, 0) is 16.1 Å². The molecule has 0 saturated carbocycles. The molecule has 0 saturated heterocycles. The molecule has 0 aromatic heterocycles. The number of rotatable bonds is 9. The first-order valence-electron chi connectivity index (χ1n) is 9.84. The van der Waals surface area contributed by atoms with Crippen LogP contribution in [-0.4, -0.2) is 35.4 Å². The van der Waals surface area contributed by atoms with E-state index in [4.69, 9.17) is 16.3 Å². The number of halogens is 1. The van der Waals surface area contributed by atoms with Gasteiger partial charge in [-0.05, 0) is 56.5 Å². The van der Waals surface area contributed by atoms with Crippen LogP contribution in [0.5, 0.6) is 5.75 Å². The van der Waals surface area contributed by atoms with Crippen LogP contribution in [0.2, 0.25) is 5.02 Å². The van der Waals surface area contributed by atoms with Crippen molar-refractivity contribution in [2.75, 3.05) is 6.61 Å². The molecule has 156 valence electrons. The van der Waals surface area contributed by atoms with Crippen LogP contribution in [0.4, 0.5) is 0 Å². The predicted octanol–water partition coefficient (Wildman–Crippen LogP) is 4.36. The number of aryl methyl sites for hydroxylation is 1. The first-order valence-corrected chi connectivity index (χ1v) is 10.2. The summed E-state index contributed by atoms with van der Waals surface area (Å²) in [6.45, 7) is 7.77. The van der Waals surface area contributed by atoms with Gasteiger partial charge in [-0.1, -0.05) is 48.9 Å². The van der Waals surface area contributed by atoms with Crippen LogP contribution in [0.25, 0.3) is 0 Å². The Bertz CT molecular complexity index is 824. The Morgan fingerprint density at radius 2 is 1.83 bits per heavy atom. The zero-order valence-electron chi connectivity index (χ0n) is 17.4. The van der Waals surface area contributed by atoms with Crippen LogP contribution < -0.4 is 10.1 Å². The van der Waals surface area contributed by atoms with Gasteiger partial charge in [0.25, 0.3) is 5.91 Å². The Morgan fingerprint density at radius 1 is 1.14 bits per heavy atom. The summed E-state index contributed by atoms with van der Waals surface area (Å²) in [4.78, 5) is 27.4. The lowest BCUT2D eigenvalue weighted by Gasteiger charge is -2.31. The van der Waals surface area contributed by atoms with E-state index in [0.29, 0.717) is 23.7 Å². The fraction of sp³-hybridized carbons (Fsp3) is 0.391. The molecule has 0 spiro atoms. The van der Waals surface area contributed by atoms with E-state index >= 15 is 0 Å². The lowest BCUT2D eigenvalue weighted by Crippen LogP contribution is -2.51. The Labute approximate surface area is 178 Å². The molecular weight excluding hydrogens is 388 g/mol. The number of hydrogen-bond donors (Lipinski definition) is 1. The second-order valence-electron chi connectivity index (χ2n) is 7.29. The summed E-state index contributed by atoms with van der Waals surface area (Å²) < 4.78 is 5.70. The van der Waals surface area contributed by atoms with Crippen molar-refractivity contribution in [1.82, 2.24) is 10.2 Å². The zero-order valence-corrected chi connectivity index (χ0v) is 18.2. The van der Waals surface area contributed by atoms with Crippen molar-refractivity contribution in [2.45, 2.75) is 52.7 Å². The molecule has 6 heteroatoms. The van der Waals surface area contributed by atoms with Gasteiger partial charge in [-0.25, -0.2) is 0 Å². The number of nitrogens with one attached hydrogen (secondary N) is 1. The maximum atomic E-state index is 13.1. The number of carbonyl (C=O) groups is 2. The van der Waals surface area contributed by atoms with Gasteiger partial charge in [0, 0.05) is 17.6 Å². The highest BCUT2D eigenvalue weighted by molar-refractivity contribution is 6.31. The summed E-state index contributed by atoms with van der Waals surface area (Å²) in [5, 5.41) is 3.56. The van der Waals surface area contributed by atoms with Crippen LogP contribution in [0.15, 0.2) is 48.5 Å². The summed E-state index contributed by atoms with van der Waals surface area (Å²) in [5.41, 5.74) is 1.83. The Hall–Kier alpha value is -2.53. The van der Waals surface area contributed by atoms with E-state index in [1.165, 1.54) is 0 Å². The van der Waals surface area contributed by atoms with Crippen molar-refractivity contribution < 1.29 is 14.3 Å². The van der Waals surface area contributed by atoms with Gasteiger partial charge in [0.1, 0.15) is 11.8 Å². The van der Waals surface area contributed by atoms with Crippen molar-refractivity contribution in [3.8, 4) is 5.75 Å². The number of ether oxygens (including phenoxy) is 1. The maximum Gasteiger partial charge on any atom is 0.261 e. The topological polar surface area (TPSA) is 58.6 Å². The largest absolute Gasteiger partial charge is 0.484 e. The fourth-order valence-electron chi connectivity index (χ4n) is 3.02. The number of nitrogens with zero attached hydrogens (tertiary/aromatic N) is 1. The van der Waals surface area contributed by atoms with E-state index < -0.39 is 6.04 Å². The molecule has 1 N–H and O–H groups in total. The smallest absolute Gasteiger partial charge is 0.261 e. The lowest BCUT2D eigenvalue weighted by atomic mass is 10.1. The molecule has 0 aliphatic heterocycles. The molecule has 0 radical (unpaired) electrons. The molecule has 2 rings (SSSR count). The van der Waals surface area contributed by atoms with E-state index in [1.807, 2.05) is 58.0 Å². The van der Waals surface area contributed by atoms with E-state index in [9.17, 15) is 9.59 Å². The van der Waals surface area contributed by atoms with Crippen LogP contribution in [0.1, 0.15) is 38.3 Å². The quantitative estimate of drug-likeness (QED) is 0.660. The molecule has 1 atom stereocenters. The highest BCUT2D eigenvalue weighted by Gasteiger charge is 2.29. The molecule has 2 amide bonds. The molecule has 2 aromatic carbocycles. The average molecular weight is 417 g/mol. The first-order chi connectivity index (χ1) is 13.8. The Morgan fingerprint density at radius 3 is 2.41 bits per heavy atom. The number of carbonyl (C=O) groups excluding carboxylic acids is 2. The Balaban J connectivity index is 2.18. The molecule has 0 fully saturated rings. The van der Waals surface area contributed by atoms with Gasteiger partial charge in [-0.3, -0.25) is 9.59 Å². The normalized spacial score (nSPS) is 11.8. The fourth-order valence-corrected chi connectivity index (χ4v) is 3.13. The van der Waals surface area contributed by atoms with E-state index in [0.717, 1.165) is 11.1 Å². The summed E-state index contributed by atoms with van der Waals surface area (Å²) >= 11 is 6.05. The van der Waals surface area contributed by atoms with Crippen LogP contribution >= 0.6 is 11.6 Å². The van der Waals surface area contributed by atoms with Crippen molar-refractivity contribution in [3.63, 3.8) is 0 Å². The highest BCUT2D eigenvalue weighted by atomic mass is 35.5. The lowest BCUT2D eigenvalue weighted by molar-refractivity contribution is -0.143. The van der Waals surface area contributed by atoms with Gasteiger partial charge in [0.2, 0.25) is 5.91 Å². The molecule has 0 bridgehead atoms. The van der Waals surface area contributed by atoms with Gasteiger partial charge in [0.05, 0.1) is 0 Å². The molecular formula is C23H29ClN2O3. The zero-order chi connectivity index (χ0) is 21.4. The standard InChI is InChI=1S/C23H29ClN2O3/c1-5-21(23(28)25-16(2)3)26(14-18-9-7-6-8-10-18)22(27)15-29-19-11-12-20(24)17(4)13-19/h6-13,16,21H,5,14-15H2,1-4H3,(H,25,28)/t21-/m1/s1. The minimum atomic E-state index is -0.569. The average Bonchev–Trinajstić information content (AvgIpc) is 2.68. The second kappa shape index (κ2) is 10.9. The van der Waals surface area contributed by atoms with E-state index in [2.05, 4.69) is 5.32 Å². The molecule has 0 aliphatic carbocycles. The third-order valence-electron chi connectivity index (χ3n) is 4.50. The molecule has 0 aliphatic rings. The molecule has 5 nitrogen and oxygen atoms in total. The minimum absolute atomic E-state index is 0.00137. The third kappa shape index (κ3) is 6.79. The summed E-state index contributed by atoms with van der Waals surface area (Å²) in [6, 6.07) is 14.3. The van der Waals surface area contributed by atoms with Crippen LogP contribution in [0.3, 0.4) is 0 Å². The Kier molecular flexibility index (Phi) is 8.52. The highest BCUT2D eigenvalue weighted by Crippen LogP contribution is 2.21. The molecule has 0 unspecified atom stereocenters. The van der Waals surface area contributed by atoms with E-state index in [1.54, 1.807) is 23.1 Å². The maximum absolute atomic E-state index is 13.1. The monoisotopic (exact) mass is 416 g/mol. The number of benzene rings is 2. The summed E-state index contributed by atoms with van der Waals surface area (Å²) in [5.74, 6) is 0.168. The van der Waals surface area contributed by atoms with Crippen molar-refractivity contribution in [3.05, 3.63) is 64.7 Å². The summed E-state index contributed by atoms with van der Waals surface area (Å²) in [7, 11) is 0. The van der Waals surface area contributed by atoms with Gasteiger partial charge >= 0.3 is 0 Å². The SMILES string of the molecule is CC[C@H](C(=O)NC(C)C)N(Cc1ccccc1)C(=O)COc1ccc(Cl)c(C)c1.